The van der Waals surface area contributed by atoms with E-state index in [0.717, 1.165) is 40.5 Å². The van der Waals surface area contributed by atoms with Crippen LogP contribution in [0.5, 0.6) is 5.75 Å². The van der Waals surface area contributed by atoms with E-state index in [0.29, 0.717) is 0 Å². The summed E-state index contributed by atoms with van der Waals surface area (Å²) in [5.41, 5.74) is 4.47. The van der Waals surface area contributed by atoms with E-state index >= 15 is 0 Å². The van der Waals surface area contributed by atoms with Gasteiger partial charge in [0, 0.05) is 17.0 Å². The van der Waals surface area contributed by atoms with E-state index in [-0.39, 0.29) is 15.7 Å². The van der Waals surface area contributed by atoms with Gasteiger partial charge in [-0.25, -0.2) is 4.98 Å². The molecule has 2 aromatic heterocycles. The average Bonchev–Trinajstić information content (AvgIpc) is 2.93. The first kappa shape index (κ1) is 15.4. The molecule has 0 radical (unpaired) electrons. The maximum Gasteiger partial charge on any atom is 0.160 e. The Labute approximate surface area is 144 Å². The van der Waals surface area contributed by atoms with E-state index in [2.05, 4.69) is 16.9 Å². The lowest BCUT2D eigenvalue weighted by Crippen LogP contribution is -2.04. The number of nitrogens with zero attached hydrogens (tertiary/aromatic N) is 2. The fourth-order valence-corrected chi connectivity index (χ4v) is 5.09. The number of benzene rings is 1. The second-order valence-corrected chi connectivity index (χ2v) is 7.91. The number of H-pyrrole nitrogens is 1. The van der Waals surface area contributed by atoms with Gasteiger partial charge in [-0.05, 0) is 37.5 Å². The lowest BCUT2D eigenvalue weighted by molar-refractivity contribution is 0.408. The Bertz CT molecular complexity index is 870. The van der Waals surface area contributed by atoms with Gasteiger partial charge in [-0.1, -0.05) is 24.4 Å². The molecule has 0 amide bonds. The Morgan fingerprint density at radius 1 is 1.25 bits per heavy atom. The van der Waals surface area contributed by atoms with E-state index in [9.17, 15) is 0 Å². The molecule has 4 nitrogen and oxygen atoms in total. The standard InChI is InChI=1S/C19H21N3OS/c1-23-16-11-12-20-18-13(16)7-3-6-10-17(18)24(2)19-21-14-8-4-5-9-15(14)22-19/h4-5,8-9,11-12,17H,2-3,6-7,10H2,1H3,(H,21,22). The van der Waals surface area contributed by atoms with E-state index in [1.54, 1.807) is 7.11 Å². The third-order valence-corrected chi connectivity index (χ3v) is 6.51. The fraction of sp³-hybridized carbons (Fsp3) is 0.316. The number of nitrogens with one attached hydrogen (secondary N) is 1. The summed E-state index contributed by atoms with van der Waals surface area (Å²) in [6, 6.07) is 10.1. The first-order chi connectivity index (χ1) is 11.8. The van der Waals surface area contributed by atoms with Crippen molar-refractivity contribution in [3.8, 4) is 5.75 Å². The van der Waals surface area contributed by atoms with Crippen molar-refractivity contribution in [1.29, 1.82) is 0 Å². The van der Waals surface area contributed by atoms with Gasteiger partial charge in [0.2, 0.25) is 0 Å². The minimum absolute atomic E-state index is 0.270. The van der Waals surface area contributed by atoms with Crippen LogP contribution in [0.15, 0.2) is 41.7 Å². The van der Waals surface area contributed by atoms with Gasteiger partial charge in [0.1, 0.15) is 5.75 Å². The Hall–Kier alpha value is -2.14. The molecule has 2 unspecified atom stereocenters. The van der Waals surface area contributed by atoms with Crippen LogP contribution in [0.4, 0.5) is 0 Å². The van der Waals surface area contributed by atoms with Crippen molar-refractivity contribution >= 4 is 27.4 Å². The summed E-state index contributed by atoms with van der Waals surface area (Å²) < 4.78 is 5.57. The minimum atomic E-state index is -0.270. The third-order valence-electron chi connectivity index (χ3n) is 4.67. The first-order valence-electron chi connectivity index (χ1n) is 8.27. The summed E-state index contributed by atoms with van der Waals surface area (Å²) in [5, 5.41) is 1.26. The molecule has 3 aromatic rings. The normalized spacial score (nSPS) is 18.8. The van der Waals surface area contributed by atoms with Gasteiger partial charge in [-0.2, -0.15) is 0 Å². The molecule has 5 heteroatoms. The maximum absolute atomic E-state index is 5.57. The third kappa shape index (κ3) is 2.63. The van der Waals surface area contributed by atoms with Crippen LogP contribution >= 0.6 is 10.5 Å². The average molecular weight is 339 g/mol. The number of aromatic nitrogens is 3. The van der Waals surface area contributed by atoms with Crippen LogP contribution in [-0.4, -0.2) is 27.9 Å². The van der Waals surface area contributed by atoms with Crippen molar-refractivity contribution in [3.63, 3.8) is 0 Å². The lowest BCUT2D eigenvalue weighted by atomic mass is 10.1. The summed E-state index contributed by atoms with van der Waals surface area (Å²) in [6.07, 6.45) is 6.33. The van der Waals surface area contributed by atoms with Gasteiger partial charge in [0.25, 0.3) is 0 Å². The molecule has 1 N–H and O–H groups in total. The van der Waals surface area contributed by atoms with Crippen LogP contribution in [0.3, 0.4) is 0 Å². The highest BCUT2D eigenvalue weighted by atomic mass is 32.2. The number of pyridine rings is 1. The fourth-order valence-electron chi connectivity index (χ4n) is 3.44. The monoisotopic (exact) mass is 339 g/mol. The Balaban J connectivity index is 1.77. The Morgan fingerprint density at radius 2 is 2.12 bits per heavy atom. The molecule has 1 aliphatic carbocycles. The molecule has 2 heterocycles. The number of imidazole rings is 1. The quantitative estimate of drug-likeness (QED) is 0.565. The zero-order valence-corrected chi connectivity index (χ0v) is 14.6. The van der Waals surface area contributed by atoms with Crippen molar-refractivity contribution in [1.82, 2.24) is 15.0 Å². The topological polar surface area (TPSA) is 50.8 Å². The molecular formula is C19H21N3OS. The van der Waals surface area contributed by atoms with Crippen LogP contribution in [0.25, 0.3) is 11.0 Å². The maximum atomic E-state index is 5.57. The van der Waals surface area contributed by atoms with E-state index in [1.807, 2.05) is 30.5 Å². The Kier molecular flexibility index (Phi) is 4.10. The molecule has 0 saturated heterocycles. The van der Waals surface area contributed by atoms with Crippen molar-refractivity contribution in [2.24, 2.45) is 0 Å². The molecule has 124 valence electrons. The second-order valence-electron chi connectivity index (χ2n) is 6.10. The first-order valence-corrected chi connectivity index (χ1v) is 9.73. The van der Waals surface area contributed by atoms with Crippen LogP contribution in [0.2, 0.25) is 0 Å². The molecule has 0 fully saturated rings. The number of aromatic amines is 1. The highest BCUT2D eigenvalue weighted by Crippen LogP contribution is 2.46. The zero-order valence-electron chi connectivity index (χ0n) is 13.8. The largest absolute Gasteiger partial charge is 0.496 e. The second kappa shape index (κ2) is 6.40. The van der Waals surface area contributed by atoms with Gasteiger partial charge in [0.05, 0.1) is 23.8 Å². The number of methoxy groups -OCH3 is 1. The van der Waals surface area contributed by atoms with Gasteiger partial charge in [-0.15, -0.1) is 10.5 Å². The number of hydrogen-bond acceptors (Lipinski definition) is 3. The molecule has 0 bridgehead atoms. The van der Waals surface area contributed by atoms with Crippen LogP contribution in [0.1, 0.15) is 35.8 Å². The van der Waals surface area contributed by atoms with Crippen molar-refractivity contribution in [3.05, 3.63) is 47.8 Å². The molecule has 24 heavy (non-hydrogen) atoms. The van der Waals surface area contributed by atoms with Gasteiger partial charge in [-0.3, -0.25) is 4.98 Å². The molecule has 1 aromatic carbocycles. The summed E-state index contributed by atoms with van der Waals surface area (Å²) in [6.45, 7) is 0. The van der Waals surface area contributed by atoms with Gasteiger partial charge < -0.3 is 9.72 Å². The predicted octanol–water partition coefficient (Wildman–Crippen LogP) is 4.49. The van der Waals surface area contributed by atoms with E-state index in [1.165, 1.54) is 18.4 Å². The van der Waals surface area contributed by atoms with Crippen molar-refractivity contribution in [2.45, 2.75) is 36.1 Å². The van der Waals surface area contributed by atoms with Gasteiger partial charge in [0.15, 0.2) is 5.16 Å². The van der Waals surface area contributed by atoms with Gasteiger partial charge >= 0.3 is 0 Å². The molecule has 4 rings (SSSR count). The summed E-state index contributed by atoms with van der Waals surface area (Å²) in [5.74, 6) is 5.43. The van der Waals surface area contributed by atoms with E-state index in [4.69, 9.17) is 14.7 Å². The van der Waals surface area contributed by atoms with Crippen LogP contribution in [0, 0.1) is 0 Å². The van der Waals surface area contributed by atoms with Crippen LogP contribution < -0.4 is 4.74 Å². The molecule has 2 atom stereocenters. The number of ether oxygens (including phenoxy) is 1. The summed E-state index contributed by atoms with van der Waals surface area (Å²) in [7, 11) is 1.46. The SMILES string of the molecule is C=S(c1nc2ccccc2[nH]1)C1CCCCc2c(OC)ccnc21. The molecule has 0 aliphatic heterocycles. The van der Waals surface area contributed by atoms with Crippen LogP contribution in [-0.2, 0) is 6.42 Å². The highest BCUT2D eigenvalue weighted by molar-refractivity contribution is 8.14. The summed E-state index contributed by atoms with van der Waals surface area (Å²) >= 11 is 0. The highest BCUT2D eigenvalue weighted by Gasteiger charge is 2.26. The number of hydrogen-bond donors (Lipinski definition) is 1. The number of rotatable bonds is 3. The molecule has 1 aliphatic rings. The van der Waals surface area contributed by atoms with Crippen molar-refractivity contribution in [2.75, 3.05) is 7.11 Å². The van der Waals surface area contributed by atoms with E-state index < -0.39 is 0 Å². The zero-order chi connectivity index (χ0) is 16.5. The lowest BCUT2D eigenvalue weighted by Gasteiger charge is -2.20. The number of para-hydroxylation sites is 2. The predicted molar refractivity (Wildman–Crippen MR) is 100 cm³/mol. The minimum Gasteiger partial charge on any atom is -0.496 e. The molecular weight excluding hydrogens is 318 g/mol. The van der Waals surface area contributed by atoms with Crippen molar-refractivity contribution < 1.29 is 4.74 Å². The number of fused-ring (bicyclic) bond motifs is 2. The molecule has 0 spiro atoms. The Morgan fingerprint density at radius 3 is 2.96 bits per heavy atom. The smallest absolute Gasteiger partial charge is 0.160 e. The molecule has 0 saturated carbocycles. The summed E-state index contributed by atoms with van der Waals surface area (Å²) in [4.78, 5) is 12.9.